The second kappa shape index (κ2) is 6.61. The summed E-state index contributed by atoms with van der Waals surface area (Å²) in [6, 6.07) is 0.764. The van der Waals surface area contributed by atoms with Crippen molar-refractivity contribution in [3.8, 4) is 0 Å². The quantitative estimate of drug-likeness (QED) is 0.706. The number of β-amino-alcohol motifs (C(OH)–C–C–N with tert-alkyl or cyclic N) is 1. The summed E-state index contributed by atoms with van der Waals surface area (Å²) in [7, 11) is 0. The molecule has 3 heterocycles. The molecule has 136 valence electrons. The standard InChI is InChI=1S/C17H30N4O3/c1-12(2)20-10-17(11-20)9-19(16(24)4-5-18-13(3)22)7-14-6-15(23)8-21(14)17/h12,14-15,23H,4-11H2,1-3H3,(H,18,22). The zero-order valence-electron chi connectivity index (χ0n) is 15.0. The van der Waals surface area contributed by atoms with Crippen molar-refractivity contribution < 1.29 is 14.7 Å². The van der Waals surface area contributed by atoms with E-state index >= 15 is 0 Å². The maximum atomic E-state index is 12.6. The molecule has 7 nitrogen and oxygen atoms in total. The first-order valence-electron chi connectivity index (χ1n) is 9.02. The van der Waals surface area contributed by atoms with Crippen molar-refractivity contribution in [2.24, 2.45) is 0 Å². The highest BCUT2D eigenvalue weighted by molar-refractivity contribution is 5.78. The number of nitrogens with one attached hydrogen (secondary N) is 1. The molecule has 7 heteroatoms. The van der Waals surface area contributed by atoms with Crippen LogP contribution in [0.5, 0.6) is 0 Å². The molecule has 3 saturated heterocycles. The molecule has 0 aromatic carbocycles. The Morgan fingerprint density at radius 1 is 1.25 bits per heavy atom. The lowest BCUT2D eigenvalue weighted by Gasteiger charge is -2.62. The maximum Gasteiger partial charge on any atom is 0.224 e. The molecule has 0 aromatic rings. The van der Waals surface area contributed by atoms with E-state index in [-0.39, 0.29) is 29.5 Å². The van der Waals surface area contributed by atoms with Crippen molar-refractivity contribution in [2.75, 3.05) is 39.3 Å². The second-order valence-corrected chi connectivity index (χ2v) is 7.93. The number of likely N-dealkylation sites (tertiary alicyclic amines) is 1. The maximum absolute atomic E-state index is 12.6. The summed E-state index contributed by atoms with van der Waals surface area (Å²) in [6.45, 7) is 10.3. The number of carbonyl (C=O) groups is 2. The third-order valence-corrected chi connectivity index (χ3v) is 5.71. The fourth-order valence-corrected chi connectivity index (χ4v) is 4.46. The van der Waals surface area contributed by atoms with Gasteiger partial charge >= 0.3 is 0 Å². The second-order valence-electron chi connectivity index (χ2n) is 7.93. The number of rotatable bonds is 4. The average molecular weight is 338 g/mol. The van der Waals surface area contributed by atoms with Crippen LogP contribution in [0.25, 0.3) is 0 Å². The van der Waals surface area contributed by atoms with Gasteiger partial charge in [-0.3, -0.25) is 19.4 Å². The molecule has 2 unspecified atom stereocenters. The van der Waals surface area contributed by atoms with Crippen LogP contribution in [0.3, 0.4) is 0 Å². The Balaban J connectivity index is 1.65. The zero-order chi connectivity index (χ0) is 17.5. The minimum Gasteiger partial charge on any atom is -0.392 e. The van der Waals surface area contributed by atoms with E-state index in [4.69, 9.17) is 0 Å². The van der Waals surface area contributed by atoms with Crippen LogP contribution in [-0.4, -0.2) is 94.6 Å². The Kier molecular flexibility index (Phi) is 4.86. The predicted octanol–water partition coefficient (Wildman–Crippen LogP) is -0.747. The molecule has 3 aliphatic rings. The number of piperazine rings is 1. The minimum absolute atomic E-state index is 0.00562. The first-order chi connectivity index (χ1) is 11.3. The summed E-state index contributed by atoms with van der Waals surface area (Å²) >= 11 is 0. The Morgan fingerprint density at radius 3 is 2.58 bits per heavy atom. The summed E-state index contributed by atoms with van der Waals surface area (Å²) in [5, 5.41) is 12.8. The van der Waals surface area contributed by atoms with Gasteiger partial charge in [-0.25, -0.2) is 0 Å². The SMILES string of the molecule is CC(=O)NCCC(=O)N1CC2CC(O)CN2C2(C1)CN(C(C)C)C2. The van der Waals surface area contributed by atoms with Gasteiger partial charge in [-0.15, -0.1) is 0 Å². The van der Waals surface area contributed by atoms with Crippen molar-refractivity contribution in [3.05, 3.63) is 0 Å². The fourth-order valence-electron chi connectivity index (χ4n) is 4.46. The topological polar surface area (TPSA) is 76.1 Å². The summed E-state index contributed by atoms with van der Waals surface area (Å²) in [4.78, 5) is 30.4. The van der Waals surface area contributed by atoms with Crippen LogP contribution in [0.4, 0.5) is 0 Å². The Morgan fingerprint density at radius 2 is 1.96 bits per heavy atom. The summed E-state index contributed by atoms with van der Waals surface area (Å²) in [5.41, 5.74) is -0.00562. The number of hydrogen-bond donors (Lipinski definition) is 2. The van der Waals surface area contributed by atoms with Crippen LogP contribution >= 0.6 is 0 Å². The molecular formula is C17H30N4O3. The zero-order valence-corrected chi connectivity index (χ0v) is 15.0. The van der Waals surface area contributed by atoms with Crippen LogP contribution < -0.4 is 5.32 Å². The molecule has 0 bridgehead atoms. The summed E-state index contributed by atoms with van der Waals surface area (Å²) in [5.74, 6) is 0.00161. The van der Waals surface area contributed by atoms with Crippen LogP contribution in [0.1, 0.15) is 33.6 Å². The summed E-state index contributed by atoms with van der Waals surface area (Å²) in [6.07, 6.45) is 0.812. The molecule has 3 aliphatic heterocycles. The highest BCUT2D eigenvalue weighted by atomic mass is 16.3. The predicted molar refractivity (Wildman–Crippen MR) is 90.4 cm³/mol. The van der Waals surface area contributed by atoms with Crippen LogP contribution in [0, 0.1) is 0 Å². The molecular weight excluding hydrogens is 308 g/mol. The van der Waals surface area contributed by atoms with E-state index in [0.717, 1.165) is 32.6 Å². The van der Waals surface area contributed by atoms with Crippen LogP contribution in [-0.2, 0) is 9.59 Å². The van der Waals surface area contributed by atoms with Gasteiger partial charge in [0.15, 0.2) is 0 Å². The molecule has 2 N–H and O–H groups in total. The summed E-state index contributed by atoms with van der Waals surface area (Å²) < 4.78 is 0. The monoisotopic (exact) mass is 338 g/mol. The molecule has 3 fully saturated rings. The first-order valence-corrected chi connectivity index (χ1v) is 9.02. The molecule has 0 radical (unpaired) electrons. The van der Waals surface area contributed by atoms with Crippen molar-refractivity contribution in [2.45, 2.75) is 57.3 Å². The molecule has 24 heavy (non-hydrogen) atoms. The third-order valence-electron chi connectivity index (χ3n) is 5.71. The van der Waals surface area contributed by atoms with E-state index in [1.807, 2.05) is 4.90 Å². The lowest BCUT2D eigenvalue weighted by atomic mass is 9.82. The highest BCUT2D eigenvalue weighted by Crippen LogP contribution is 2.39. The minimum atomic E-state index is -0.283. The smallest absolute Gasteiger partial charge is 0.224 e. The molecule has 0 aromatic heterocycles. The van der Waals surface area contributed by atoms with Crippen LogP contribution in [0.2, 0.25) is 0 Å². The van der Waals surface area contributed by atoms with Gasteiger partial charge in [-0.2, -0.15) is 0 Å². The molecule has 1 spiro atoms. The van der Waals surface area contributed by atoms with E-state index in [1.165, 1.54) is 6.92 Å². The average Bonchev–Trinajstić information content (AvgIpc) is 2.83. The van der Waals surface area contributed by atoms with Gasteiger partial charge in [0.05, 0.1) is 11.6 Å². The Labute approximate surface area is 144 Å². The van der Waals surface area contributed by atoms with Crippen molar-refractivity contribution >= 4 is 11.8 Å². The van der Waals surface area contributed by atoms with Gasteiger partial charge in [-0.05, 0) is 20.3 Å². The van der Waals surface area contributed by atoms with E-state index in [9.17, 15) is 14.7 Å². The number of fused-ring (bicyclic) bond motifs is 2. The van der Waals surface area contributed by atoms with Crippen molar-refractivity contribution in [1.29, 1.82) is 0 Å². The highest BCUT2D eigenvalue weighted by Gasteiger charge is 2.56. The third kappa shape index (κ3) is 3.30. The van der Waals surface area contributed by atoms with Crippen LogP contribution in [0.15, 0.2) is 0 Å². The number of hydrogen-bond acceptors (Lipinski definition) is 5. The Hall–Kier alpha value is -1.18. The normalized spacial score (nSPS) is 29.6. The van der Waals surface area contributed by atoms with Gasteiger partial charge < -0.3 is 15.3 Å². The first kappa shape index (κ1) is 17.6. The fraction of sp³-hybridized carbons (Fsp3) is 0.882. The van der Waals surface area contributed by atoms with Crippen molar-refractivity contribution in [1.82, 2.24) is 20.0 Å². The molecule has 2 amide bonds. The molecule has 0 aliphatic carbocycles. The lowest BCUT2D eigenvalue weighted by Crippen LogP contribution is -2.79. The van der Waals surface area contributed by atoms with E-state index in [0.29, 0.717) is 25.6 Å². The number of aliphatic hydroxyl groups excluding tert-OH is 1. The largest absolute Gasteiger partial charge is 0.392 e. The molecule has 2 atom stereocenters. The van der Waals surface area contributed by atoms with Gasteiger partial charge in [0, 0.05) is 64.7 Å². The van der Waals surface area contributed by atoms with Gasteiger partial charge in [0.25, 0.3) is 0 Å². The molecule has 3 rings (SSSR count). The molecule has 0 saturated carbocycles. The Bertz CT molecular complexity index is 504. The van der Waals surface area contributed by atoms with E-state index < -0.39 is 0 Å². The van der Waals surface area contributed by atoms with E-state index in [2.05, 4.69) is 29.0 Å². The number of carbonyl (C=O) groups excluding carboxylic acids is 2. The van der Waals surface area contributed by atoms with Gasteiger partial charge in [0.2, 0.25) is 11.8 Å². The number of amides is 2. The van der Waals surface area contributed by atoms with Crippen molar-refractivity contribution in [3.63, 3.8) is 0 Å². The lowest BCUT2D eigenvalue weighted by molar-refractivity contribution is -0.152. The van der Waals surface area contributed by atoms with Gasteiger partial charge in [0.1, 0.15) is 0 Å². The van der Waals surface area contributed by atoms with E-state index in [1.54, 1.807) is 0 Å². The number of nitrogens with zero attached hydrogens (tertiary/aromatic N) is 3. The van der Waals surface area contributed by atoms with Gasteiger partial charge in [-0.1, -0.05) is 0 Å². The number of aliphatic hydroxyl groups is 1.